The van der Waals surface area contributed by atoms with Gasteiger partial charge in [-0.15, -0.1) is 0 Å². The minimum absolute atomic E-state index is 0.0459. The molecule has 1 rings (SSSR count). The highest BCUT2D eigenvalue weighted by atomic mass is 16.5. The van der Waals surface area contributed by atoms with Crippen LogP contribution in [-0.4, -0.2) is 43.6 Å². The Hall–Kier alpha value is -1.59. The molecule has 0 aliphatic carbocycles. The topological polar surface area (TPSA) is 67.6 Å². The van der Waals surface area contributed by atoms with Crippen molar-refractivity contribution < 1.29 is 9.53 Å². The van der Waals surface area contributed by atoms with E-state index in [2.05, 4.69) is 19.2 Å². The molecule has 5 heteroatoms. The third-order valence-corrected chi connectivity index (χ3v) is 2.85. The number of anilines is 1. The van der Waals surface area contributed by atoms with Crippen LogP contribution < -0.4 is 15.8 Å². The molecule has 19 heavy (non-hydrogen) atoms. The number of methoxy groups -OCH3 is 1. The molecule has 0 bridgehead atoms. The molecule has 1 aromatic rings. The van der Waals surface area contributed by atoms with Crippen LogP contribution >= 0.6 is 0 Å². The van der Waals surface area contributed by atoms with Gasteiger partial charge in [0.25, 0.3) is 0 Å². The number of ether oxygens (including phenoxy) is 1. The zero-order valence-corrected chi connectivity index (χ0v) is 11.8. The lowest BCUT2D eigenvalue weighted by atomic mass is 10.3. The summed E-state index contributed by atoms with van der Waals surface area (Å²) in [6.45, 7) is 5.70. The molecule has 106 valence electrons. The number of nitrogens with zero attached hydrogens (tertiary/aromatic N) is 1. The van der Waals surface area contributed by atoms with Crippen molar-refractivity contribution in [3.63, 3.8) is 0 Å². The molecule has 1 aromatic carbocycles. The van der Waals surface area contributed by atoms with Gasteiger partial charge >= 0.3 is 0 Å². The summed E-state index contributed by atoms with van der Waals surface area (Å²) in [5.41, 5.74) is 6.28. The van der Waals surface area contributed by atoms with Gasteiger partial charge in [0.15, 0.2) is 0 Å². The first-order valence-electron chi connectivity index (χ1n) is 6.45. The highest BCUT2D eigenvalue weighted by molar-refractivity contribution is 5.92. The van der Waals surface area contributed by atoms with Crippen molar-refractivity contribution in [1.82, 2.24) is 4.90 Å². The minimum Gasteiger partial charge on any atom is -0.497 e. The number of hydrogen-bond acceptors (Lipinski definition) is 4. The summed E-state index contributed by atoms with van der Waals surface area (Å²) in [4.78, 5) is 14.0. The number of nitrogens with one attached hydrogen (secondary N) is 1. The van der Waals surface area contributed by atoms with Crippen LogP contribution in [0.25, 0.3) is 0 Å². The Kier molecular flexibility index (Phi) is 6.32. The van der Waals surface area contributed by atoms with Crippen LogP contribution in [0, 0.1) is 0 Å². The van der Waals surface area contributed by atoms with Crippen molar-refractivity contribution >= 4 is 11.6 Å². The van der Waals surface area contributed by atoms with E-state index in [1.54, 1.807) is 13.2 Å². The molecule has 0 aliphatic heterocycles. The third kappa shape index (κ3) is 5.28. The summed E-state index contributed by atoms with van der Waals surface area (Å²) in [6, 6.07) is 7.60. The van der Waals surface area contributed by atoms with E-state index in [4.69, 9.17) is 10.5 Å². The Morgan fingerprint density at radius 3 is 2.79 bits per heavy atom. The zero-order valence-electron chi connectivity index (χ0n) is 11.8. The summed E-state index contributed by atoms with van der Waals surface area (Å²) in [6.07, 6.45) is 0. The number of hydrogen-bond donors (Lipinski definition) is 2. The SMILES string of the molecule is COc1cccc(NC(=O)CN(CCN)C(C)C)c1. The van der Waals surface area contributed by atoms with E-state index >= 15 is 0 Å². The second-order valence-corrected chi connectivity index (χ2v) is 4.63. The molecule has 1 amide bonds. The first kappa shape index (κ1) is 15.5. The van der Waals surface area contributed by atoms with E-state index < -0.39 is 0 Å². The van der Waals surface area contributed by atoms with Crippen molar-refractivity contribution in [3.8, 4) is 5.75 Å². The molecule has 0 heterocycles. The standard InChI is InChI=1S/C14H23N3O2/c1-11(2)17(8-7-15)10-14(18)16-12-5-4-6-13(9-12)19-3/h4-6,9,11H,7-8,10,15H2,1-3H3,(H,16,18). The summed E-state index contributed by atoms with van der Waals surface area (Å²) in [5.74, 6) is 0.677. The molecule has 0 radical (unpaired) electrons. The average molecular weight is 265 g/mol. The molecule has 0 spiro atoms. The van der Waals surface area contributed by atoms with Gasteiger partial charge in [0.2, 0.25) is 5.91 Å². The molecular weight excluding hydrogens is 242 g/mol. The number of carbonyl (C=O) groups is 1. The number of amides is 1. The van der Waals surface area contributed by atoms with Crippen LogP contribution in [0.15, 0.2) is 24.3 Å². The van der Waals surface area contributed by atoms with Gasteiger partial charge in [-0.1, -0.05) is 6.07 Å². The molecule has 0 fully saturated rings. The van der Waals surface area contributed by atoms with Gasteiger partial charge in [-0.05, 0) is 26.0 Å². The van der Waals surface area contributed by atoms with Gasteiger partial charge in [0, 0.05) is 30.9 Å². The predicted molar refractivity (Wildman–Crippen MR) is 77.4 cm³/mol. The highest BCUT2D eigenvalue weighted by Gasteiger charge is 2.13. The van der Waals surface area contributed by atoms with E-state index in [0.717, 1.165) is 11.4 Å². The molecule has 0 atom stereocenters. The Morgan fingerprint density at radius 1 is 1.47 bits per heavy atom. The van der Waals surface area contributed by atoms with Gasteiger partial charge in [0.05, 0.1) is 13.7 Å². The Morgan fingerprint density at radius 2 is 2.21 bits per heavy atom. The number of benzene rings is 1. The normalized spacial score (nSPS) is 10.8. The maximum absolute atomic E-state index is 12.0. The van der Waals surface area contributed by atoms with Crippen molar-refractivity contribution in [3.05, 3.63) is 24.3 Å². The fraction of sp³-hybridized carbons (Fsp3) is 0.500. The fourth-order valence-electron chi connectivity index (χ4n) is 1.77. The van der Waals surface area contributed by atoms with Gasteiger partial charge in [-0.2, -0.15) is 0 Å². The number of rotatable bonds is 7. The van der Waals surface area contributed by atoms with Crippen LogP contribution in [0.5, 0.6) is 5.75 Å². The molecule has 5 nitrogen and oxygen atoms in total. The third-order valence-electron chi connectivity index (χ3n) is 2.85. The zero-order chi connectivity index (χ0) is 14.3. The molecule has 0 saturated carbocycles. The van der Waals surface area contributed by atoms with E-state index in [0.29, 0.717) is 25.7 Å². The molecule has 3 N–H and O–H groups in total. The second-order valence-electron chi connectivity index (χ2n) is 4.63. The van der Waals surface area contributed by atoms with E-state index in [9.17, 15) is 4.79 Å². The van der Waals surface area contributed by atoms with Crippen molar-refractivity contribution in [2.24, 2.45) is 5.73 Å². The van der Waals surface area contributed by atoms with Crippen LogP contribution in [0.1, 0.15) is 13.8 Å². The lowest BCUT2D eigenvalue weighted by Crippen LogP contribution is -2.40. The van der Waals surface area contributed by atoms with Crippen LogP contribution in [0.2, 0.25) is 0 Å². The number of carbonyl (C=O) groups excluding carboxylic acids is 1. The molecule has 0 aliphatic rings. The van der Waals surface area contributed by atoms with Crippen molar-refractivity contribution in [2.45, 2.75) is 19.9 Å². The predicted octanol–water partition coefficient (Wildman–Crippen LogP) is 1.30. The van der Waals surface area contributed by atoms with Gasteiger partial charge < -0.3 is 15.8 Å². The highest BCUT2D eigenvalue weighted by Crippen LogP contribution is 2.16. The number of nitrogens with two attached hydrogens (primary N) is 1. The van der Waals surface area contributed by atoms with Gasteiger partial charge in [0.1, 0.15) is 5.75 Å². The van der Waals surface area contributed by atoms with Crippen LogP contribution in [0.4, 0.5) is 5.69 Å². The summed E-state index contributed by atoms with van der Waals surface area (Å²) in [5, 5.41) is 2.86. The minimum atomic E-state index is -0.0459. The second kappa shape index (κ2) is 7.76. The maximum atomic E-state index is 12.0. The molecule has 0 aromatic heterocycles. The van der Waals surface area contributed by atoms with E-state index in [1.165, 1.54) is 0 Å². The smallest absolute Gasteiger partial charge is 0.238 e. The Labute approximate surface area is 114 Å². The first-order chi connectivity index (χ1) is 9.06. The molecule has 0 unspecified atom stereocenters. The van der Waals surface area contributed by atoms with Crippen LogP contribution in [0.3, 0.4) is 0 Å². The van der Waals surface area contributed by atoms with Crippen LogP contribution in [-0.2, 0) is 4.79 Å². The van der Waals surface area contributed by atoms with E-state index in [-0.39, 0.29) is 5.91 Å². The van der Waals surface area contributed by atoms with E-state index in [1.807, 2.05) is 23.1 Å². The molecule has 0 saturated heterocycles. The van der Waals surface area contributed by atoms with Gasteiger partial charge in [-0.25, -0.2) is 0 Å². The maximum Gasteiger partial charge on any atom is 0.238 e. The summed E-state index contributed by atoms with van der Waals surface area (Å²) >= 11 is 0. The summed E-state index contributed by atoms with van der Waals surface area (Å²) < 4.78 is 5.12. The van der Waals surface area contributed by atoms with Crippen molar-refractivity contribution in [2.75, 3.05) is 32.1 Å². The largest absolute Gasteiger partial charge is 0.497 e. The lowest BCUT2D eigenvalue weighted by Gasteiger charge is -2.25. The Bertz CT molecular complexity index is 407. The lowest BCUT2D eigenvalue weighted by molar-refractivity contribution is -0.117. The quantitative estimate of drug-likeness (QED) is 0.780. The first-order valence-corrected chi connectivity index (χ1v) is 6.45. The average Bonchev–Trinajstić information content (AvgIpc) is 2.38. The monoisotopic (exact) mass is 265 g/mol. The van der Waals surface area contributed by atoms with Crippen molar-refractivity contribution in [1.29, 1.82) is 0 Å². The molecular formula is C14H23N3O2. The fourth-order valence-corrected chi connectivity index (χ4v) is 1.77. The summed E-state index contributed by atoms with van der Waals surface area (Å²) in [7, 11) is 1.60. The Balaban J connectivity index is 2.58. The van der Waals surface area contributed by atoms with Gasteiger partial charge in [-0.3, -0.25) is 9.69 Å².